The molecule has 0 aromatic rings. The molecule has 0 unspecified atom stereocenters. The third-order valence-electron chi connectivity index (χ3n) is 0. The molecule has 0 spiro atoms. The minimum Gasteiger partial charge on any atom is -0.512 e. The van der Waals surface area contributed by atoms with Gasteiger partial charge in [-0.1, -0.05) is 0 Å². The Labute approximate surface area is 236 Å². The molecule has 0 aliphatic rings. The van der Waals surface area contributed by atoms with E-state index in [0.717, 1.165) is 0 Å². The summed E-state index contributed by atoms with van der Waals surface area (Å²) >= 11 is 0. The molecule has 0 saturated carbocycles. The van der Waals surface area contributed by atoms with Crippen molar-refractivity contribution in [3.63, 3.8) is 0 Å². The second kappa shape index (κ2) is 822. The van der Waals surface area contributed by atoms with Crippen LogP contribution < -0.4 is 0 Å². The molecule has 0 aliphatic heterocycles. The zero-order valence-electron chi connectivity index (χ0n) is 9.09. The summed E-state index contributed by atoms with van der Waals surface area (Å²) in [6.07, 6.45) is 0. The number of hydrogen-bond acceptors (Lipinski definition) is 6. The largest absolute Gasteiger partial charge is 6.00 e. The minimum absolute atomic E-state index is 0. The van der Waals surface area contributed by atoms with Gasteiger partial charge in [0.05, 0.1) is 0 Å². The molecule has 0 aromatic heterocycles. The van der Waals surface area contributed by atoms with Gasteiger partial charge in [-0.05, 0) is 0 Å². The second-order valence-electron chi connectivity index (χ2n) is 0. The van der Waals surface area contributed by atoms with Gasteiger partial charge in [0.1, 0.15) is 0 Å². The van der Waals surface area contributed by atoms with Crippen LogP contribution in [0.3, 0.4) is 0 Å². The van der Waals surface area contributed by atoms with Crippen LogP contribution >= 0.6 is 0 Å². The summed E-state index contributed by atoms with van der Waals surface area (Å²) in [5.41, 5.74) is 0. The van der Waals surface area contributed by atoms with Gasteiger partial charge < -0.3 is 71.0 Å². The van der Waals surface area contributed by atoms with Crippen LogP contribution in [0.1, 0.15) is 0 Å². The van der Waals surface area contributed by atoms with Gasteiger partial charge in [-0.25, -0.2) is 0 Å². The van der Waals surface area contributed by atoms with E-state index in [4.69, 9.17) is 71.0 Å². The zero-order valence-corrected chi connectivity index (χ0v) is 19.7. The first-order valence-corrected chi connectivity index (χ1v) is 1.34. The van der Waals surface area contributed by atoms with E-state index in [0.29, 0.717) is 0 Å². The van der Waals surface area contributed by atoms with Crippen LogP contribution in [-0.4, -0.2) is 154 Å². The topological polar surface area (TPSA) is 143 Å². The van der Waals surface area contributed by atoms with Gasteiger partial charge in [-0.3, -0.25) is 0 Å². The summed E-state index contributed by atoms with van der Waals surface area (Å²) in [7, 11) is 0. The van der Waals surface area contributed by atoms with Gasteiger partial charge >= 0.3 is 17.4 Å². The van der Waals surface area contributed by atoms with Gasteiger partial charge in [0.15, 0.2) is 0 Å². The van der Waals surface area contributed by atoms with Crippen LogP contribution in [0.5, 0.6) is 0 Å². The maximum Gasteiger partial charge on any atom is 6.00 e. The van der Waals surface area contributed by atoms with Crippen molar-refractivity contribution in [1.29, 1.82) is 31.6 Å². The molecule has 0 heterocycles. The van der Waals surface area contributed by atoms with Gasteiger partial charge in [0.25, 0.3) is 0 Å². The first-order chi connectivity index (χ1) is 6.00. The molecule has 0 amide bonds. The van der Waals surface area contributed by atoms with E-state index in [1.165, 1.54) is 0 Å². The van der Waals surface area contributed by atoms with Gasteiger partial charge in [-0.15, -0.1) is 0 Å². The van der Waals surface area contributed by atoms with Gasteiger partial charge in [0.2, 0.25) is 0 Å². The summed E-state index contributed by atoms with van der Waals surface area (Å²) in [5, 5.41) is 37.5. The van der Waals surface area contributed by atoms with E-state index in [1.54, 1.807) is 0 Å². The molecule has 63 valence electrons. The Hall–Kier alpha value is 2.38. The van der Waals surface area contributed by atoms with Crippen LogP contribution in [0.15, 0.2) is 0 Å². The first-order valence-electron chi connectivity index (χ1n) is 1.34. The van der Waals surface area contributed by atoms with E-state index in [1.807, 2.05) is 0 Å². The van der Waals surface area contributed by atoms with E-state index in [9.17, 15) is 0 Å². The Morgan fingerprint density at radius 3 is 0.312 bits per heavy atom. The molecular formula is C6CrK3N6. The fraction of sp³-hybridized carbons (Fsp3) is 0. The Morgan fingerprint density at radius 2 is 0.312 bits per heavy atom. The van der Waals surface area contributed by atoms with E-state index >= 15 is 0 Å². The summed E-state index contributed by atoms with van der Waals surface area (Å²) < 4.78 is 0. The quantitative estimate of drug-likeness (QED) is 0.431. The molecule has 6 nitrogen and oxygen atoms in total. The van der Waals surface area contributed by atoms with Gasteiger partial charge in [-0.2, -0.15) is 0 Å². The van der Waals surface area contributed by atoms with E-state index < -0.39 is 0 Å². The third-order valence-corrected chi connectivity index (χ3v) is 0. The maximum absolute atomic E-state index is 6.25. The summed E-state index contributed by atoms with van der Waals surface area (Å²) in [4.78, 5) is 0. The Morgan fingerprint density at radius 1 is 0.312 bits per heavy atom. The average molecular weight is 325 g/mol. The van der Waals surface area contributed by atoms with Crippen molar-refractivity contribution in [2.75, 3.05) is 0 Å². The molecule has 0 saturated heterocycles. The summed E-state index contributed by atoms with van der Waals surface area (Å²) in [6.45, 7) is 28.5. The Bertz CT molecular complexity index is 103. The molecular weight excluding hydrogens is 325 g/mol. The van der Waals surface area contributed by atoms with Crippen LogP contribution in [-0.2, 0) is 17.4 Å². The minimum atomic E-state index is 0. The third kappa shape index (κ3) is 683. The smallest absolute Gasteiger partial charge is 0.512 e. The molecule has 0 atom stereocenters. The monoisotopic (exact) mass is 325 g/mol. The van der Waals surface area contributed by atoms with Crippen molar-refractivity contribution in [2.24, 2.45) is 0 Å². The number of hydrogen-bond donors (Lipinski definition) is 0. The predicted molar refractivity (Wildman–Crippen MR) is 47.1 cm³/mol. The molecule has 3 radical (unpaired) electrons. The van der Waals surface area contributed by atoms with Crippen LogP contribution in [0.25, 0.3) is 0 Å². The van der Waals surface area contributed by atoms with Crippen LogP contribution in [0.2, 0.25) is 0 Å². The predicted octanol–water partition coefficient (Wildman–Crippen LogP) is -0.567. The van der Waals surface area contributed by atoms with Crippen molar-refractivity contribution in [3.05, 3.63) is 39.4 Å². The van der Waals surface area contributed by atoms with Crippen molar-refractivity contribution in [2.45, 2.75) is 0 Å². The second-order valence-corrected chi connectivity index (χ2v) is 0. The van der Waals surface area contributed by atoms with Crippen molar-refractivity contribution in [3.8, 4) is 0 Å². The maximum atomic E-state index is 6.25. The molecule has 16 heavy (non-hydrogen) atoms. The van der Waals surface area contributed by atoms with E-state index in [2.05, 4.69) is 0 Å². The standard InChI is InChI=1S/6CN.Cr.3K/c6*1-2;;;;/q6*-1;+6;;;. The molecule has 0 aliphatic carbocycles. The summed E-state index contributed by atoms with van der Waals surface area (Å²) in [6, 6.07) is 0. The SMILES string of the molecule is [C-]#N.[C-]#N.[C-]#N.[C-]#N.[C-]#N.[C-]#N.[Cr+6].[K].[K].[K]. The zero-order chi connectivity index (χ0) is 12.0. The Balaban J connectivity index is -0.00000000321. The molecule has 0 fully saturated rings. The Kier molecular flexibility index (Phi) is 4060. The number of rotatable bonds is 0. The normalized spacial score (nSPS) is 0.750. The van der Waals surface area contributed by atoms with Gasteiger partial charge in [0, 0.05) is 154 Å². The number of nitrogens with zero attached hydrogens (tertiary/aromatic N) is 6. The van der Waals surface area contributed by atoms with Crippen LogP contribution in [0.4, 0.5) is 0 Å². The fourth-order valence-corrected chi connectivity index (χ4v) is 0. The molecule has 0 N–H and O–H groups in total. The molecule has 10 heteroatoms. The molecule has 0 aromatic carbocycles. The van der Waals surface area contributed by atoms with Crippen molar-refractivity contribution < 1.29 is 17.4 Å². The fourth-order valence-electron chi connectivity index (χ4n) is 0. The molecule has 0 bridgehead atoms. The molecule has 0 rings (SSSR count). The van der Waals surface area contributed by atoms with Crippen molar-refractivity contribution >= 4 is 154 Å². The van der Waals surface area contributed by atoms with Crippen LogP contribution in [0, 0.1) is 71.0 Å². The van der Waals surface area contributed by atoms with Crippen molar-refractivity contribution in [1.82, 2.24) is 0 Å². The summed E-state index contributed by atoms with van der Waals surface area (Å²) in [5.74, 6) is 0. The first kappa shape index (κ1) is 79.1. The average Bonchev–Trinajstić information content (AvgIpc) is 2.33. The van der Waals surface area contributed by atoms with E-state index in [-0.39, 0.29) is 172 Å².